The zero-order chi connectivity index (χ0) is 28.8. The fraction of sp³-hybridized carbons (Fsp3) is 0.621. The second kappa shape index (κ2) is 13.2. The van der Waals surface area contributed by atoms with Crippen molar-refractivity contribution in [1.29, 1.82) is 5.26 Å². The maximum Gasteiger partial charge on any atom is 0.228 e. The van der Waals surface area contributed by atoms with Crippen LogP contribution in [0.5, 0.6) is 0 Å². The van der Waals surface area contributed by atoms with Crippen molar-refractivity contribution >= 4 is 30.8 Å². The van der Waals surface area contributed by atoms with Crippen LogP contribution in [0.15, 0.2) is 24.8 Å². The average molecular weight is 579 g/mol. The molecule has 1 saturated heterocycles. The molecule has 1 aliphatic carbocycles. The number of nitrogens with zero attached hydrogens (tertiary/aromatic N) is 6. The van der Waals surface area contributed by atoms with Crippen LogP contribution in [0.25, 0.3) is 22.3 Å². The summed E-state index contributed by atoms with van der Waals surface area (Å²) in [6.07, 6.45) is 10.4. The van der Waals surface area contributed by atoms with Crippen LogP contribution >= 0.6 is 0 Å². The minimum absolute atomic E-state index is 0.0560. The van der Waals surface area contributed by atoms with Crippen LogP contribution in [-0.4, -0.2) is 70.7 Å². The fourth-order valence-corrected chi connectivity index (χ4v) is 6.50. The number of morpholine rings is 1. The van der Waals surface area contributed by atoms with E-state index in [4.69, 9.17) is 14.6 Å². The lowest BCUT2D eigenvalue weighted by Crippen LogP contribution is -2.40. The van der Waals surface area contributed by atoms with Crippen molar-refractivity contribution in [1.82, 2.24) is 29.6 Å². The number of aromatic nitrogens is 5. The van der Waals surface area contributed by atoms with Gasteiger partial charge in [-0.2, -0.15) is 10.4 Å². The first-order chi connectivity index (χ1) is 19.8. The lowest BCUT2D eigenvalue weighted by atomic mass is 9.96. The Kier molecular flexibility index (Phi) is 9.49. The van der Waals surface area contributed by atoms with E-state index in [0.29, 0.717) is 49.3 Å². The van der Waals surface area contributed by atoms with Gasteiger partial charge in [0, 0.05) is 45.6 Å². The van der Waals surface area contributed by atoms with Crippen LogP contribution in [0.1, 0.15) is 44.6 Å². The highest BCUT2D eigenvalue weighted by molar-refractivity contribution is 6.76. The van der Waals surface area contributed by atoms with Gasteiger partial charge in [-0.1, -0.05) is 32.5 Å². The number of hydrogen-bond acceptors (Lipinski definition) is 8. The zero-order valence-corrected chi connectivity index (χ0v) is 25.4. The fourth-order valence-electron chi connectivity index (χ4n) is 5.74. The molecule has 0 radical (unpaired) electrons. The molecule has 2 atom stereocenters. The number of rotatable bonds is 12. The van der Waals surface area contributed by atoms with Gasteiger partial charge in [-0.05, 0) is 30.9 Å². The number of carbonyl (C=O) groups is 1. The second-order valence-corrected chi connectivity index (χ2v) is 18.0. The van der Waals surface area contributed by atoms with Crippen LogP contribution in [0.3, 0.4) is 0 Å². The van der Waals surface area contributed by atoms with Crippen molar-refractivity contribution in [2.75, 3.05) is 31.6 Å². The number of hydrogen-bond donors (Lipinski definition) is 2. The Labute approximate surface area is 242 Å². The Morgan fingerprint density at radius 1 is 1.32 bits per heavy atom. The highest BCUT2D eigenvalue weighted by Gasteiger charge is 2.29. The first kappa shape index (κ1) is 29.4. The molecule has 1 saturated carbocycles. The summed E-state index contributed by atoms with van der Waals surface area (Å²) < 4.78 is 15.6. The molecule has 0 aromatic carbocycles. The van der Waals surface area contributed by atoms with E-state index < -0.39 is 8.07 Å². The van der Waals surface area contributed by atoms with Crippen molar-refractivity contribution < 1.29 is 14.3 Å². The molecule has 12 heteroatoms. The van der Waals surface area contributed by atoms with Crippen molar-refractivity contribution in [3.05, 3.63) is 24.8 Å². The molecule has 2 N–H and O–H groups in total. The summed E-state index contributed by atoms with van der Waals surface area (Å²) in [5.41, 5.74) is 2.17. The summed E-state index contributed by atoms with van der Waals surface area (Å²) in [6.45, 7) is 10.2. The van der Waals surface area contributed by atoms with Gasteiger partial charge in [0.2, 0.25) is 5.91 Å². The number of anilines is 1. The predicted molar refractivity (Wildman–Crippen MR) is 160 cm³/mol. The Bertz CT molecular complexity index is 1360. The molecule has 11 nitrogen and oxygen atoms in total. The summed E-state index contributed by atoms with van der Waals surface area (Å²) in [4.78, 5) is 22.4. The standard InChI is InChI=1S/C29H42N8O3Si/c1-41(2,3)15-14-39-20-36-12-9-23-27(32-19-33-29(23)36)24-18-37(25(8-10-30)21-6-4-5-7-21)35-28(24)34-26(38)16-22-17-31-11-13-40-22/h9,12,18-19,21-22,25,31H,4-8,11,13-17,20H2,1-3H3,(H,34,35,38). The third-order valence-corrected chi connectivity index (χ3v) is 9.73. The number of nitrogens with one attached hydrogen (secondary N) is 2. The van der Waals surface area contributed by atoms with Gasteiger partial charge in [0.25, 0.3) is 0 Å². The SMILES string of the molecule is C[Si](C)(C)CCOCn1ccc2c(-c3cn(C(CC#N)C4CCCC4)nc3NC(=O)CC3CNCCO3)ncnc21. The monoisotopic (exact) mass is 578 g/mol. The van der Waals surface area contributed by atoms with Gasteiger partial charge in [0.1, 0.15) is 18.7 Å². The van der Waals surface area contributed by atoms with Gasteiger partial charge in [-0.3, -0.25) is 9.48 Å². The molecule has 3 aromatic rings. The maximum atomic E-state index is 13.1. The van der Waals surface area contributed by atoms with Crippen LogP contribution in [0.4, 0.5) is 5.82 Å². The zero-order valence-electron chi connectivity index (χ0n) is 24.4. The molecule has 0 spiro atoms. The molecule has 2 fully saturated rings. The van der Waals surface area contributed by atoms with Gasteiger partial charge in [0.05, 0.1) is 48.9 Å². The van der Waals surface area contributed by atoms with Crippen molar-refractivity contribution in [2.45, 2.75) is 83.1 Å². The Morgan fingerprint density at radius 3 is 2.88 bits per heavy atom. The third-order valence-electron chi connectivity index (χ3n) is 8.03. The van der Waals surface area contributed by atoms with Gasteiger partial charge in [-0.15, -0.1) is 0 Å². The van der Waals surface area contributed by atoms with Gasteiger partial charge in [-0.25, -0.2) is 9.97 Å². The molecule has 5 rings (SSSR count). The molecule has 220 valence electrons. The van der Waals surface area contributed by atoms with E-state index in [0.717, 1.165) is 43.1 Å². The molecule has 2 unspecified atom stereocenters. The van der Waals surface area contributed by atoms with Crippen LogP contribution in [-0.2, 0) is 21.0 Å². The van der Waals surface area contributed by atoms with E-state index >= 15 is 0 Å². The van der Waals surface area contributed by atoms with Gasteiger partial charge < -0.3 is 24.7 Å². The van der Waals surface area contributed by atoms with Gasteiger partial charge in [0.15, 0.2) is 5.82 Å². The van der Waals surface area contributed by atoms with E-state index in [9.17, 15) is 10.1 Å². The molecule has 4 heterocycles. The first-order valence-corrected chi connectivity index (χ1v) is 18.5. The molecule has 41 heavy (non-hydrogen) atoms. The number of ether oxygens (including phenoxy) is 2. The number of fused-ring (bicyclic) bond motifs is 1. The van der Waals surface area contributed by atoms with Crippen LogP contribution < -0.4 is 10.6 Å². The third kappa shape index (κ3) is 7.40. The number of nitriles is 1. The molecule has 1 amide bonds. The molecule has 1 aliphatic heterocycles. The second-order valence-electron chi connectivity index (χ2n) is 12.4. The van der Waals surface area contributed by atoms with Crippen molar-refractivity contribution in [3.63, 3.8) is 0 Å². The quantitative estimate of drug-likeness (QED) is 0.236. The average Bonchev–Trinajstić information content (AvgIpc) is 3.70. The smallest absolute Gasteiger partial charge is 0.228 e. The Morgan fingerprint density at radius 2 is 2.15 bits per heavy atom. The first-order valence-electron chi connectivity index (χ1n) is 14.8. The van der Waals surface area contributed by atoms with E-state index in [1.807, 2.05) is 27.7 Å². The van der Waals surface area contributed by atoms with E-state index in [-0.39, 0.29) is 24.5 Å². The normalized spacial score (nSPS) is 18.9. The maximum absolute atomic E-state index is 13.1. The molecule has 2 aliphatic rings. The topological polar surface area (TPSA) is 132 Å². The Hall–Kier alpha value is -3.11. The highest BCUT2D eigenvalue weighted by Crippen LogP contribution is 2.39. The van der Waals surface area contributed by atoms with Crippen molar-refractivity contribution in [2.24, 2.45) is 5.92 Å². The van der Waals surface area contributed by atoms with Gasteiger partial charge >= 0.3 is 0 Å². The van der Waals surface area contributed by atoms with Crippen molar-refractivity contribution in [3.8, 4) is 17.3 Å². The van der Waals surface area contributed by atoms with Crippen LogP contribution in [0, 0.1) is 17.2 Å². The van der Waals surface area contributed by atoms with Crippen LogP contribution in [0.2, 0.25) is 25.7 Å². The summed E-state index contributed by atoms with van der Waals surface area (Å²) in [5.74, 6) is 0.660. The lowest BCUT2D eigenvalue weighted by molar-refractivity contribution is -0.119. The summed E-state index contributed by atoms with van der Waals surface area (Å²) >= 11 is 0. The summed E-state index contributed by atoms with van der Waals surface area (Å²) in [7, 11) is -1.18. The van der Waals surface area contributed by atoms with E-state index in [1.165, 1.54) is 12.8 Å². The minimum Gasteiger partial charge on any atom is -0.375 e. The number of carbonyl (C=O) groups excluding carboxylic acids is 1. The highest BCUT2D eigenvalue weighted by atomic mass is 28.3. The summed E-state index contributed by atoms with van der Waals surface area (Å²) in [6, 6.07) is 5.39. The molecule has 3 aromatic heterocycles. The molecular weight excluding hydrogens is 536 g/mol. The Balaban J connectivity index is 1.45. The van der Waals surface area contributed by atoms with E-state index in [2.05, 4.69) is 46.3 Å². The summed E-state index contributed by atoms with van der Waals surface area (Å²) in [5, 5.41) is 21.7. The van der Waals surface area contributed by atoms with E-state index in [1.54, 1.807) is 6.33 Å². The minimum atomic E-state index is -1.18. The predicted octanol–water partition coefficient (Wildman–Crippen LogP) is 4.57. The largest absolute Gasteiger partial charge is 0.375 e. The number of amides is 1. The molecule has 0 bridgehead atoms. The molecular formula is C29H42N8O3Si. The lowest BCUT2D eigenvalue weighted by Gasteiger charge is -2.23.